The van der Waals surface area contributed by atoms with Crippen LogP contribution in [0.5, 0.6) is 11.5 Å². The van der Waals surface area contributed by atoms with Gasteiger partial charge in [-0.3, -0.25) is 9.59 Å². The molecular formula is C22H18ClNO8. The first-order chi connectivity index (χ1) is 15.3. The van der Waals surface area contributed by atoms with Gasteiger partial charge in [-0.05, 0) is 24.3 Å². The number of aromatic nitrogens is 1. The van der Waals surface area contributed by atoms with Gasteiger partial charge in [-0.15, -0.1) is 0 Å². The van der Waals surface area contributed by atoms with Gasteiger partial charge in [0.2, 0.25) is 6.79 Å². The normalized spacial score (nSPS) is 16.7. The highest BCUT2D eigenvalue weighted by Gasteiger charge is 2.36. The van der Waals surface area contributed by atoms with Crippen LogP contribution in [0.25, 0.3) is 22.0 Å². The molecule has 4 N–H and O–H groups in total. The number of hydrogen-bond donors (Lipinski definition) is 4. The van der Waals surface area contributed by atoms with E-state index in [0.717, 1.165) is 0 Å². The van der Waals surface area contributed by atoms with Gasteiger partial charge in [0.05, 0.1) is 24.4 Å². The SMILES string of the molecule is O=C1c2cc3c(cc2-c2c1c1ccc(Cl)cc1c(=O)n2C[C@H](O)[C@H](O)[C@H](O)CO)OCO3. The average Bonchev–Trinajstić information content (AvgIpc) is 3.36. The second-order valence-electron chi connectivity index (χ2n) is 7.72. The van der Waals surface area contributed by atoms with Gasteiger partial charge in [0, 0.05) is 26.9 Å². The maximum atomic E-state index is 13.4. The summed E-state index contributed by atoms with van der Waals surface area (Å²) >= 11 is 6.09. The highest BCUT2D eigenvalue weighted by Crippen LogP contribution is 2.46. The minimum atomic E-state index is -1.72. The summed E-state index contributed by atoms with van der Waals surface area (Å²) in [6, 6.07) is 7.76. The molecule has 9 nitrogen and oxygen atoms in total. The molecule has 0 fully saturated rings. The van der Waals surface area contributed by atoms with Crippen molar-refractivity contribution in [3.63, 3.8) is 0 Å². The molecule has 0 radical (unpaired) electrons. The van der Waals surface area contributed by atoms with E-state index in [9.17, 15) is 24.9 Å². The third-order valence-corrected chi connectivity index (χ3v) is 6.05. The van der Waals surface area contributed by atoms with Crippen molar-refractivity contribution >= 4 is 28.2 Å². The molecular weight excluding hydrogens is 442 g/mol. The number of ether oxygens (including phenoxy) is 2. The summed E-state index contributed by atoms with van der Waals surface area (Å²) in [6.07, 6.45) is -4.93. The van der Waals surface area contributed by atoms with E-state index >= 15 is 0 Å². The molecule has 0 spiro atoms. The Labute approximate surface area is 185 Å². The number of aliphatic hydroxyl groups excluding tert-OH is 4. The largest absolute Gasteiger partial charge is 0.454 e. The molecule has 5 rings (SSSR count). The zero-order valence-corrected chi connectivity index (χ0v) is 17.2. The van der Waals surface area contributed by atoms with Crippen LogP contribution in [0.1, 0.15) is 15.9 Å². The lowest BCUT2D eigenvalue weighted by molar-refractivity contribution is -0.0806. The summed E-state index contributed by atoms with van der Waals surface area (Å²) in [4.78, 5) is 26.8. The van der Waals surface area contributed by atoms with Crippen LogP contribution in [0.4, 0.5) is 0 Å². The van der Waals surface area contributed by atoms with E-state index in [2.05, 4.69) is 0 Å². The number of aliphatic hydroxyl groups is 4. The van der Waals surface area contributed by atoms with E-state index in [-0.39, 0.29) is 29.2 Å². The number of benzene rings is 2. The number of nitrogens with zero attached hydrogens (tertiary/aromatic N) is 1. The van der Waals surface area contributed by atoms with E-state index in [4.69, 9.17) is 26.2 Å². The van der Waals surface area contributed by atoms with Gasteiger partial charge in [-0.1, -0.05) is 17.7 Å². The highest BCUT2D eigenvalue weighted by molar-refractivity contribution is 6.32. The van der Waals surface area contributed by atoms with Crippen LogP contribution < -0.4 is 15.0 Å². The Morgan fingerprint density at radius 1 is 0.969 bits per heavy atom. The first-order valence-electron chi connectivity index (χ1n) is 9.81. The van der Waals surface area contributed by atoms with Crippen LogP contribution in [0.15, 0.2) is 35.1 Å². The monoisotopic (exact) mass is 459 g/mol. The average molecular weight is 460 g/mol. The second kappa shape index (κ2) is 7.58. The Hall–Kier alpha value is -2.95. The Kier molecular flexibility index (Phi) is 4.95. The van der Waals surface area contributed by atoms with E-state index in [1.165, 1.54) is 10.6 Å². The smallest absolute Gasteiger partial charge is 0.259 e. The molecule has 3 atom stereocenters. The lowest BCUT2D eigenvalue weighted by Crippen LogP contribution is -2.43. The summed E-state index contributed by atoms with van der Waals surface area (Å²) in [7, 11) is 0. The van der Waals surface area contributed by atoms with Gasteiger partial charge in [-0.2, -0.15) is 0 Å². The van der Waals surface area contributed by atoms with Crippen molar-refractivity contribution in [2.75, 3.05) is 13.4 Å². The number of hydrogen-bond acceptors (Lipinski definition) is 8. The topological polar surface area (TPSA) is 138 Å². The van der Waals surface area contributed by atoms with Crippen molar-refractivity contribution < 1.29 is 34.7 Å². The summed E-state index contributed by atoms with van der Waals surface area (Å²) in [5.41, 5.74) is 0.703. The Balaban J connectivity index is 1.78. The number of ketones is 1. The quantitative estimate of drug-likeness (QED) is 0.341. The van der Waals surface area contributed by atoms with Gasteiger partial charge < -0.3 is 34.5 Å². The van der Waals surface area contributed by atoms with Crippen LogP contribution in [-0.2, 0) is 6.54 Å². The molecule has 0 saturated carbocycles. The van der Waals surface area contributed by atoms with Gasteiger partial charge >= 0.3 is 0 Å². The fourth-order valence-electron chi connectivity index (χ4n) is 4.22. The minimum absolute atomic E-state index is 0.00620. The van der Waals surface area contributed by atoms with Gasteiger partial charge in [0.15, 0.2) is 17.3 Å². The van der Waals surface area contributed by atoms with Crippen LogP contribution in [0.3, 0.4) is 0 Å². The Morgan fingerprint density at radius 3 is 2.34 bits per heavy atom. The number of halogens is 1. The maximum absolute atomic E-state index is 13.4. The fraction of sp³-hybridized carbons (Fsp3) is 0.273. The molecule has 2 heterocycles. The molecule has 2 aliphatic rings. The van der Waals surface area contributed by atoms with Gasteiger partial charge in [0.25, 0.3) is 5.56 Å². The van der Waals surface area contributed by atoms with Crippen molar-refractivity contribution in [2.24, 2.45) is 0 Å². The Morgan fingerprint density at radius 2 is 1.66 bits per heavy atom. The third-order valence-electron chi connectivity index (χ3n) is 5.82. The van der Waals surface area contributed by atoms with Crippen LogP contribution in [0, 0.1) is 0 Å². The predicted octanol–water partition coefficient (Wildman–Crippen LogP) is 0.670. The summed E-state index contributed by atoms with van der Waals surface area (Å²) in [6.45, 7) is -1.21. The first-order valence-corrected chi connectivity index (χ1v) is 10.2. The zero-order chi connectivity index (χ0) is 22.7. The molecule has 1 aromatic heterocycles. The molecule has 0 saturated heterocycles. The number of carbonyl (C=O) groups excluding carboxylic acids is 1. The molecule has 0 bridgehead atoms. The molecule has 166 valence electrons. The van der Waals surface area contributed by atoms with Crippen molar-refractivity contribution in [2.45, 2.75) is 24.9 Å². The molecule has 1 aliphatic heterocycles. The van der Waals surface area contributed by atoms with Crippen molar-refractivity contribution in [3.05, 3.63) is 56.8 Å². The highest BCUT2D eigenvalue weighted by atomic mass is 35.5. The van der Waals surface area contributed by atoms with E-state index in [1.807, 2.05) is 0 Å². The second-order valence-corrected chi connectivity index (χ2v) is 8.15. The summed E-state index contributed by atoms with van der Waals surface area (Å²) < 4.78 is 12.0. The van der Waals surface area contributed by atoms with Gasteiger partial charge in [0.1, 0.15) is 18.3 Å². The zero-order valence-electron chi connectivity index (χ0n) is 16.5. The number of pyridine rings is 1. The Bertz CT molecular complexity index is 1330. The number of carbonyl (C=O) groups is 1. The van der Waals surface area contributed by atoms with Crippen LogP contribution >= 0.6 is 11.6 Å². The predicted molar refractivity (Wildman–Crippen MR) is 113 cm³/mol. The van der Waals surface area contributed by atoms with E-state index < -0.39 is 37.0 Å². The van der Waals surface area contributed by atoms with Gasteiger partial charge in [-0.25, -0.2) is 0 Å². The molecule has 2 aromatic carbocycles. The maximum Gasteiger partial charge on any atom is 0.259 e. The van der Waals surface area contributed by atoms with Crippen LogP contribution in [0.2, 0.25) is 5.02 Å². The molecule has 32 heavy (non-hydrogen) atoms. The number of rotatable bonds is 5. The lowest BCUT2D eigenvalue weighted by Gasteiger charge is -2.24. The standard InChI is InChI=1S/C22H18ClNO8/c23-9-1-2-10-13(3-9)22(30)24(6-14(26)21(29)15(27)7-25)19-11-4-16-17(32-8-31-16)5-12(11)20(28)18(10)19/h1-5,14-15,21,25-27,29H,6-8H2/t14-,15+,21-/m0/s1. The molecule has 3 aromatic rings. The molecule has 1 aliphatic carbocycles. The van der Waals surface area contributed by atoms with Crippen LogP contribution in [-0.4, -0.2) is 62.5 Å². The molecule has 0 amide bonds. The van der Waals surface area contributed by atoms with E-state index in [1.54, 1.807) is 24.3 Å². The lowest BCUT2D eigenvalue weighted by atomic mass is 10.0. The van der Waals surface area contributed by atoms with E-state index in [0.29, 0.717) is 33.0 Å². The summed E-state index contributed by atoms with van der Waals surface area (Å²) in [5.74, 6) is 0.489. The van der Waals surface area contributed by atoms with Crippen molar-refractivity contribution in [3.8, 4) is 22.8 Å². The van der Waals surface area contributed by atoms with Crippen molar-refractivity contribution in [1.29, 1.82) is 0 Å². The molecule has 10 heteroatoms. The number of fused-ring (bicyclic) bond motifs is 6. The van der Waals surface area contributed by atoms with Crippen molar-refractivity contribution in [1.82, 2.24) is 4.57 Å². The fourth-order valence-corrected chi connectivity index (χ4v) is 4.40. The minimum Gasteiger partial charge on any atom is -0.454 e. The third kappa shape index (κ3) is 3.01. The first kappa shape index (κ1) is 20.9. The molecule has 0 unspecified atom stereocenters. The summed E-state index contributed by atoms with van der Waals surface area (Å²) in [5, 5.41) is 40.3.